The lowest BCUT2D eigenvalue weighted by atomic mass is 10.1. The maximum atomic E-state index is 12.0. The van der Waals surface area contributed by atoms with Gasteiger partial charge in [-0.25, -0.2) is 0 Å². The van der Waals surface area contributed by atoms with Crippen LogP contribution in [0.15, 0.2) is 52.4 Å². The van der Waals surface area contributed by atoms with E-state index in [1.807, 2.05) is 44.2 Å². The van der Waals surface area contributed by atoms with Crippen LogP contribution >= 0.6 is 11.8 Å². The van der Waals surface area contributed by atoms with Crippen molar-refractivity contribution in [2.75, 3.05) is 0 Å². The van der Waals surface area contributed by atoms with Crippen LogP contribution in [0.1, 0.15) is 23.7 Å². The van der Waals surface area contributed by atoms with Crippen LogP contribution in [0.4, 0.5) is 0 Å². The Morgan fingerprint density at radius 2 is 2.05 bits per heavy atom. The van der Waals surface area contributed by atoms with E-state index in [9.17, 15) is 4.79 Å². The van der Waals surface area contributed by atoms with Crippen molar-refractivity contribution in [3.63, 3.8) is 0 Å². The fraction of sp³-hybridized carbons (Fsp3) is 0.250. The summed E-state index contributed by atoms with van der Waals surface area (Å²) >= 11 is 1.55. The minimum absolute atomic E-state index is 0.130. The first kappa shape index (κ1) is 14.6. The molecule has 0 spiro atoms. The summed E-state index contributed by atoms with van der Waals surface area (Å²) in [5, 5.41) is 0.681. The number of allylic oxidation sites excluding steroid dienone is 2. The first-order valence-corrected chi connectivity index (χ1v) is 7.57. The Labute approximate surface area is 123 Å². The molecule has 1 N–H and O–H groups in total. The van der Waals surface area contributed by atoms with Gasteiger partial charge in [-0.2, -0.15) is 4.98 Å². The summed E-state index contributed by atoms with van der Waals surface area (Å²) in [5.41, 5.74) is 2.73. The number of nitrogens with one attached hydrogen (secondary N) is 1. The van der Waals surface area contributed by atoms with Gasteiger partial charge in [-0.15, -0.1) is 0 Å². The molecule has 0 aliphatic carbocycles. The zero-order valence-electron chi connectivity index (χ0n) is 11.7. The van der Waals surface area contributed by atoms with E-state index >= 15 is 0 Å². The zero-order valence-corrected chi connectivity index (χ0v) is 12.5. The maximum absolute atomic E-state index is 12.0. The summed E-state index contributed by atoms with van der Waals surface area (Å²) in [4.78, 5) is 19.3. The van der Waals surface area contributed by atoms with Crippen LogP contribution in [0.25, 0.3) is 0 Å². The highest BCUT2D eigenvalue weighted by Crippen LogP contribution is 2.18. The van der Waals surface area contributed by atoms with E-state index in [2.05, 4.69) is 22.1 Å². The summed E-state index contributed by atoms with van der Waals surface area (Å²) < 4.78 is 0. The molecule has 1 heterocycles. The Morgan fingerprint density at radius 3 is 2.70 bits per heavy atom. The predicted octanol–water partition coefficient (Wildman–Crippen LogP) is 3.49. The maximum Gasteiger partial charge on any atom is 0.277 e. The van der Waals surface area contributed by atoms with Crippen LogP contribution in [-0.2, 0) is 12.2 Å². The molecule has 4 heteroatoms. The van der Waals surface area contributed by atoms with Crippen molar-refractivity contribution < 1.29 is 0 Å². The lowest BCUT2D eigenvalue weighted by Gasteiger charge is -2.06. The van der Waals surface area contributed by atoms with E-state index in [4.69, 9.17) is 0 Å². The minimum atomic E-state index is -0.130. The third kappa shape index (κ3) is 3.84. The summed E-state index contributed by atoms with van der Waals surface area (Å²) in [6, 6.07) is 10.2. The van der Waals surface area contributed by atoms with E-state index in [0.29, 0.717) is 11.6 Å². The smallest absolute Gasteiger partial charge is 0.277 e. The molecule has 0 fully saturated rings. The highest BCUT2D eigenvalue weighted by atomic mass is 32.2. The molecule has 0 atom stereocenters. The third-order valence-electron chi connectivity index (χ3n) is 2.98. The molecule has 1 aromatic heterocycles. The van der Waals surface area contributed by atoms with Gasteiger partial charge < -0.3 is 4.98 Å². The number of aromatic amines is 1. The number of nitrogens with zero attached hydrogens (tertiary/aromatic N) is 1. The fourth-order valence-corrected chi connectivity index (χ4v) is 2.72. The second-order valence-electron chi connectivity index (χ2n) is 4.50. The summed E-state index contributed by atoms with van der Waals surface area (Å²) in [7, 11) is 0. The zero-order chi connectivity index (χ0) is 14.4. The van der Waals surface area contributed by atoms with Crippen molar-refractivity contribution in [2.45, 2.75) is 31.2 Å². The van der Waals surface area contributed by atoms with Gasteiger partial charge in [-0.05, 0) is 25.8 Å². The Hall–Kier alpha value is -1.81. The van der Waals surface area contributed by atoms with E-state index < -0.39 is 0 Å². The average Bonchev–Trinajstić information content (AvgIpc) is 2.45. The minimum Gasteiger partial charge on any atom is -0.338 e. The monoisotopic (exact) mass is 286 g/mol. The first-order valence-electron chi connectivity index (χ1n) is 6.58. The number of hydrogen-bond acceptors (Lipinski definition) is 3. The van der Waals surface area contributed by atoms with Crippen LogP contribution in [0.2, 0.25) is 0 Å². The number of aromatic nitrogens is 2. The van der Waals surface area contributed by atoms with Crippen LogP contribution in [-0.4, -0.2) is 9.97 Å². The number of hydrogen-bond donors (Lipinski definition) is 1. The molecule has 0 saturated heterocycles. The number of aryl methyl sites for hydroxylation is 1. The second-order valence-corrected chi connectivity index (χ2v) is 5.46. The van der Waals surface area contributed by atoms with Gasteiger partial charge in [-0.3, -0.25) is 4.79 Å². The van der Waals surface area contributed by atoms with Gasteiger partial charge in [-0.1, -0.05) is 54.2 Å². The van der Waals surface area contributed by atoms with Crippen molar-refractivity contribution in [2.24, 2.45) is 0 Å². The summed E-state index contributed by atoms with van der Waals surface area (Å²) in [6.07, 6.45) is 4.54. The molecule has 0 amide bonds. The van der Waals surface area contributed by atoms with Crippen molar-refractivity contribution in [3.05, 3.63) is 69.7 Å². The molecule has 0 aliphatic heterocycles. The number of thioether (sulfide) groups is 1. The summed E-state index contributed by atoms with van der Waals surface area (Å²) in [6.45, 7) is 3.87. The SMILES string of the molecule is CC=CCc1c(C)[nH]c(SCc2ccccc2)nc1=O. The molecule has 0 radical (unpaired) electrons. The van der Waals surface area contributed by atoms with Gasteiger partial charge in [0.2, 0.25) is 0 Å². The van der Waals surface area contributed by atoms with Crippen LogP contribution in [0.5, 0.6) is 0 Å². The van der Waals surface area contributed by atoms with Crippen molar-refractivity contribution in [1.82, 2.24) is 9.97 Å². The van der Waals surface area contributed by atoms with Crippen LogP contribution in [0.3, 0.4) is 0 Å². The van der Waals surface area contributed by atoms with Crippen LogP contribution in [0, 0.1) is 6.92 Å². The molecule has 20 heavy (non-hydrogen) atoms. The molecule has 2 aromatic rings. The van der Waals surface area contributed by atoms with Gasteiger partial charge in [0.25, 0.3) is 5.56 Å². The largest absolute Gasteiger partial charge is 0.338 e. The number of H-pyrrole nitrogens is 1. The van der Waals surface area contributed by atoms with Crippen LogP contribution < -0.4 is 5.56 Å². The quantitative estimate of drug-likeness (QED) is 0.520. The lowest BCUT2D eigenvalue weighted by molar-refractivity contribution is 0.870. The average molecular weight is 286 g/mol. The highest BCUT2D eigenvalue weighted by Gasteiger charge is 2.07. The molecule has 0 bridgehead atoms. The second kappa shape index (κ2) is 7.10. The van der Waals surface area contributed by atoms with E-state index in [1.165, 1.54) is 5.56 Å². The van der Waals surface area contributed by atoms with Gasteiger partial charge in [0.15, 0.2) is 5.16 Å². The van der Waals surface area contributed by atoms with E-state index in [0.717, 1.165) is 17.0 Å². The van der Waals surface area contributed by atoms with Gasteiger partial charge in [0.1, 0.15) is 0 Å². The van der Waals surface area contributed by atoms with E-state index in [1.54, 1.807) is 11.8 Å². The van der Waals surface area contributed by atoms with Gasteiger partial charge in [0.05, 0.1) is 0 Å². The lowest BCUT2D eigenvalue weighted by Crippen LogP contribution is -2.16. The predicted molar refractivity (Wildman–Crippen MR) is 84.1 cm³/mol. The molecule has 1 aromatic carbocycles. The molecule has 104 valence electrons. The van der Waals surface area contributed by atoms with Crippen molar-refractivity contribution >= 4 is 11.8 Å². The Bertz CT molecular complexity index is 647. The first-order chi connectivity index (χ1) is 9.70. The topological polar surface area (TPSA) is 45.8 Å². The Balaban J connectivity index is 2.12. The van der Waals surface area contributed by atoms with Gasteiger partial charge >= 0.3 is 0 Å². The third-order valence-corrected chi connectivity index (χ3v) is 3.93. The Kier molecular flexibility index (Phi) is 5.18. The highest BCUT2D eigenvalue weighted by molar-refractivity contribution is 7.98. The fourth-order valence-electron chi connectivity index (χ4n) is 1.85. The standard InChI is InChI=1S/C16H18N2OS/c1-3-4-10-14-12(2)17-16(18-15(14)19)20-11-13-8-6-5-7-9-13/h3-9H,10-11H2,1-2H3,(H,17,18,19). The molecular weight excluding hydrogens is 268 g/mol. The number of benzene rings is 1. The summed E-state index contributed by atoms with van der Waals surface area (Å²) in [5.74, 6) is 0.803. The normalized spacial score (nSPS) is 11.1. The molecular formula is C16H18N2OS. The Morgan fingerprint density at radius 1 is 1.30 bits per heavy atom. The number of rotatable bonds is 5. The van der Waals surface area contributed by atoms with Gasteiger partial charge in [0, 0.05) is 17.0 Å². The molecule has 2 rings (SSSR count). The van der Waals surface area contributed by atoms with E-state index in [-0.39, 0.29) is 5.56 Å². The molecule has 0 saturated carbocycles. The molecule has 0 aliphatic rings. The molecule has 0 unspecified atom stereocenters. The van der Waals surface area contributed by atoms with Crippen molar-refractivity contribution in [3.8, 4) is 0 Å². The molecule has 3 nitrogen and oxygen atoms in total. The van der Waals surface area contributed by atoms with Crippen molar-refractivity contribution in [1.29, 1.82) is 0 Å².